The van der Waals surface area contributed by atoms with E-state index in [0.717, 1.165) is 18.1 Å². The van der Waals surface area contributed by atoms with Gasteiger partial charge >= 0.3 is 0 Å². The van der Waals surface area contributed by atoms with E-state index in [2.05, 4.69) is 10.3 Å². The van der Waals surface area contributed by atoms with Gasteiger partial charge < -0.3 is 5.32 Å². The van der Waals surface area contributed by atoms with Crippen LogP contribution in [0, 0.1) is 31.3 Å². The Hall–Kier alpha value is -1.78. The van der Waals surface area contributed by atoms with Crippen molar-refractivity contribution in [2.75, 3.05) is 11.9 Å². The Balaban J connectivity index is 2.82. The molecule has 0 spiro atoms. The van der Waals surface area contributed by atoms with E-state index in [1.165, 1.54) is 0 Å². The minimum absolute atomic E-state index is 0.00968. The van der Waals surface area contributed by atoms with Crippen LogP contribution in [0.4, 0.5) is 18.9 Å². The van der Waals surface area contributed by atoms with E-state index in [4.69, 9.17) is 0 Å². The molecule has 0 atom stereocenters. The van der Waals surface area contributed by atoms with E-state index in [0.29, 0.717) is 17.9 Å². The number of anilines is 1. The molecule has 2 nitrogen and oxygen atoms in total. The molecule has 0 aliphatic rings. The molecule has 2 rings (SSSR count). The summed E-state index contributed by atoms with van der Waals surface area (Å²) in [6.07, 6.45) is 0.841. The van der Waals surface area contributed by atoms with Gasteiger partial charge in [-0.1, -0.05) is 6.92 Å². The third kappa shape index (κ3) is 2.25. The Labute approximate surface area is 109 Å². The van der Waals surface area contributed by atoms with Crippen LogP contribution in [0.3, 0.4) is 0 Å². The van der Waals surface area contributed by atoms with E-state index < -0.39 is 17.5 Å². The largest absolute Gasteiger partial charge is 0.384 e. The van der Waals surface area contributed by atoms with Gasteiger partial charge in [-0.15, -0.1) is 0 Å². The van der Waals surface area contributed by atoms with E-state index in [-0.39, 0.29) is 10.9 Å². The maximum absolute atomic E-state index is 14.0. The number of rotatable bonds is 3. The maximum Gasteiger partial charge on any atom is 0.195 e. The highest BCUT2D eigenvalue weighted by atomic mass is 19.2. The third-order valence-electron chi connectivity index (χ3n) is 3.15. The number of hydrogen-bond acceptors (Lipinski definition) is 2. The Morgan fingerprint density at radius 1 is 1.16 bits per heavy atom. The van der Waals surface area contributed by atoms with Gasteiger partial charge in [0.1, 0.15) is 0 Å². The van der Waals surface area contributed by atoms with Gasteiger partial charge in [-0.05, 0) is 25.8 Å². The fourth-order valence-electron chi connectivity index (χ4n) is 2.01. The van der Waals surface area contributed by atoms with Gasteiger partial charge in [0.2, 0.25) is 0 Å². The molecule has 0 amide bonds. The lowest BCUT2D eigenvalue weighted by molar-refractivity contribution is 0.453. The van der Waals surface area contributed by atoms with Crippen LogP contribution in [0.25, 0.3) is 10.9 Å². The highest BCUT2D eigenvalue weighted by Crippen LogP contribution is 2.32. The summed E-state index contributed by atoms with van der Waals surface area (Å²) in [5.74, 6) is -3.87. The van der Waals surface area contributed by atoms with Crippen LogP contribution in [-0.4, -0.2) is 11.5 Å². The summed E-state index contributed by atoms with van der Waals surface area (Å²) in [5.41, 5.74) is 2.02. The van der Waals surface area contributed by atoms with Crippen LogP contribution in [-0.2, 0) is 0 Å². The summed E-state index contributed by atoms with van der Waals surface area (Å²) in [6.45, 7) is 6.12. The fourth-order valence-corrected chi connectivity index (χ4v) is 2.01. The Morgan fingerprint density at radius 2 is 1.84 bits per heavy atom. The van der Waals surface area contributed by atoms with Gasteiger partial charge in [0.05, 0.1) is 16.6 Å². The lowest BCUT2D eigenvalue weighted by Crippen LogP contribution is -2.07. The highest BCUT2D eigenvalue weighted by Gasteiger charge is 2.19. The number of fused-ring (bicyclic) bond motifs is 1. The molecule has 1 aromatic carbocycles. The molecule has 0 fully saturated rings. The van der Waals surface area contributed by atoms with Crippen molar-refractivity contribution in [1.29, 1.82) is 0 Å². The molecule has 1 aromatic heterocycles. The van der Waals surface area contributed by atoms with Crippen molar-refractivity contribution < 1.29 is 13.2 Å². The molecule has 0 aliphatic carbocycles. The molecule has 1 N–H and O–H groups in total. The maximum atomic E-state index is 14.0. The number of nitrogens with zero attached hydrogens (tertiary/aromatic N) is 1. The highest BCUT2D eigenvalue weighted by molar-refractivity contribution is 5.94. The second kappa shape index (κ2) is 5.07. The Bertz CT molecular complexity index is 633. The normalized spacial score (nSPS) is 11.1. The molecular formula is C14H15F3N2. The Morgan fingerprint density at radius 3 is 2.47 bits per heavy atom. The molecule has 19 heavy (non-hydrogen) atoms. The van der Waals surface area contributed by atoms with Crippen molar-refractivity contribution in [3.8, 4) is 0 Å². The van der Waals surface area contributed by atoms with Gasteiger partial charge in [-0.3, -0.25) is 4.98 Å². The molecule has 0 radical (unpaired) electrons. The first-order valence-electron chi connectivity index (χ1n) is 6.15. The van der Waals surface area contributed by atoms with Crippen molar-refractivity contribution in [2.45, 2.75) is 27.2 Å². The second-order valence-corrected chi connectivity index (χ2v) is 4.50. The zero-order valence-corrected chi connectivity index (χ0v) is 11.1. The second-order valence-electron chi connectivity index (χ2n) is 4.50. The van der Waals surface area contributed by atoms with Crippen molar-refractivity contribution in [3.63, 3.8) is 0 Å². The van der Waals surface area contributed by atoms with Gasteiger partial charge in [0.25, 0.3) is 0 Å². The van der Waals surface area contributed by atoms with Gasteiger partial charge in [0.15, 0.2) is 17.5 Å². The van der Waals surface area contributed by atoms with E-state index in [9.17, 15) is 13.2 Å². The summed E-state index contributed by atoms with van der Waals surface area (Å²) < 4.78 is 40.6. The van der Waals surface area contributed by atoms with Gasteiger partial charge in [0, 0.05) is 18.3 Å². The summed E-state index contributed by atoms with van der Waals surface area (Å²) >= 11 is 0. The van der Waals surface area contributed by atoms with Crippen LogP contribution in [0.1, 0.15) is 24.6 Å². The molecule has 0 unspecified atom stereocenters. The first-order chi connectivity index (χ1) is 8.97. The van der Waals surface area contributed by atoms with E-state index in [1.807, 2.05) is 6.92 Å². The minimum atomic E-state index is -1.46. The average Bonchev–Trinajstić information content (AvgIpc) is 2.37. The topological polar surface area (TPSA) is 24.9 Å². The van der Waals surface area contributed by atoms with Crippen molar-refractivity contribution >= 4 is 16.6 Å². The predicted molar refractivity (Wildman–Crippen MR) is 69.9 cm³/mol. The van der Waals surface area contributed by atoms with E-state index >= 15 is 0 Å². The number of aryl methyl sites for hydroxylation is 1. The molecule has 0 aliphatic heterocycles. The van der Waals surface area contributed by atoms with Crippen LogP contribution >= 0.6 is 0 Å². The van der Waals surface area contributed by atoms with Crippen LogP contribution in [0.15, 0.2) is 6.07 Å². The number of nitrogens with one attached hydrogen (secondary N) is 1. The van der Waals surface area contributed by atoms with E-state index in [1.54, 1.807) is 13.8 Å². The molecule has 0 saturated heterocycles. The number of pyridine rings is 1. The number of aromatic nitrogens is 1. The lowest BCUT2D eigenvalue weighted by atomic mass is 10.1. The molecule has 102 valence electrons. The summed E-state index contributed by atoms with van der Waals surface area (Å²) in [7, 11) is 0. The first kappa shape index (κ1) is 13.6. The average molecular weight is 268 g/mol. The van der Waals surface area contributed by atoms with Crippen molar-refractivity contribution in [1.82, 2.24) is 4.98 Å². The fraction of sp³-hybridized carbons (Fsp3) is 0.357. The molecular weight excluding hydrogens is 253 g/mol. The SMILES string of the molecule is CCCNc1c(C)c(C)nc2cc(F)c(F)c(F)c12. The van der Waals surface area contributed by atoms with Crippen molar-refractivity contribution in [3.05, 3.63) is 34.8 Å². The minimum Gasteiger partial charge on any atom is -0.384 e. The molecule has 2 aromatic rings. The van der Waals surface area contributed by atoms with Gasteiger partial charge in [-0.25, -0.2) is 13.2 Å². The quantitative estimate of drug-likeness (QED) is 0.848. The predicted octanol–water partition coefficient (Wildman–Crippen LogP) is 4.09. The summed E-state index contributed by atoms with van der Waals surface area (Å²) in [5, 5.41) is 3.07. The summed E-state index contributed by atoms with van der Waals surface area (Å²) in [6, 6.07) is 0.928. The van der Waals surface area contributed by atoms with Crippen LogP contribution < -0.4 is 5.32 Å². The zero-order chi connectivity index (χ0) is 14.2. The monoisotopic (exact) mass is 268 g/mol. The smallest absolute Gasteiger partial charge is 0.195 e. The number of hydrogen-bond donors (Lipinski definition) is 1. The molecule has 5 heteroatoms. The molecule has 0 saturated carbocycles. The Kier molecular flexibility index (Phi) is 3.64. The molecule has 0 bridgehead atoms. The lowest BCUT2D eigenvalue weighted by Gasteiger charge is -2.15. The van der Waals surface area contributed by atoms with Crippen molar-refractivity contribution in [2.24, 2.45) is 0 Å². The van der Waals surface area contributed by atoms with Gasteiger partial charge in [-0.2, -0.15) is 0 Å². The third-order valence-corrected chi connectivity index (χ3v) is 3.15. The van der Waals surface area contributed by atoms with Crippen LogP contribution in [0.2, 0.25) is 0 Å². The summed E-state index contributed by atoms with van der Waals surface area (Å²) in [4.78, 5) is 4.12. The van der Waals surface area contributed by atoms with Crippen LogP contribution in [0.5, 0.6) is 0 Å². The first-order valence-corrected chi connectivity index (χ1v) is 6.15. The number of benzene rings is 1. The number of halogens is 3. The standard InChI is InChI=1S/C14H15F3N2/c1-4-5-18-14-7(2)8(3)19-10-6-9(15)12(16)13(17)11(10)14/h6H,4-5H2,1-3H3,(H,18,19). The molecule has 1 heterocycles. The zero-order valence-electron chi connectivity index (χ0n) is 11.1.